The zero-order chi connectivity index (χ0) is 22.4. The number of guanidine groups is 1. The first-order chi connectivity index (χ1) is 13.6. The number of unbranched alkanes of at least 4 members (excludes halogenated alkanes) is 1. The molecule has 0 aromatic carbocycles. The summed E-state index contributed by atoms with van der Waals surface area (Å²) in [6.07, 6.45) is 2.75. The predicted molar refractivity (Wildman–Crippen MR) is 112 cm³/mol. The predicted octanol–water partition coefficient (Wildman–Crippen LogP) is -1.40. The van der Waals surface area contributed by atoms with Gasteiger partial charge in [0, 0.05) is 6.54 Å². The van der Waals surface area contributed by atoms with Gasteiger partial charge >= 0.3 is 5.97 Å². The summed E-state index contributed by atoms with van der Waals surface area (Å²) in [7, 11) is 0. The SMILES string of the molecule is CC(C)C[C@H](NC(=O)[C@H](CCCCN)NC(=O)[C@@H](N)CCCN=C(N)N)C(=O)O. The highest BCUT2D eigenvalue weighted by Crippen LogP contribution is 2.08. The van der Waals surface area contributed by atoms with Crippen molar-refractivity contribution in [3.63, 3.8) is 0 Å². The minimum absolute atomic E-state index is 0.0333. The number of carbonyl (C=O) groups is 3. The lowest BCUT2D eigenvalue weighted by atomic mass is 10.0. The number of aliphatic carboxylic acids is 1. The summed E-state index contributed by atoms with van der Waals surface area (Å²) in [5.41, 5.74) is 21.9. The molecular formula is C18H37N7O4. The molecule has 0 aliphatic rings. The first-order valence-corrected chi connectivity index (χ1v) is 9.93. The fourth-order valence-corrected chi connectivity index (χ4v) is 2.66. The molecule has 0 radical (unpaired) electrons. The van der Waals surface area contributed by atoms with Gasteiger partial charge in [0.2, 0.25) is 11.8 Å². The molecule has 0 aliphatic carbocycles. The number of nitrogens with two attached hydrogens (primary N) is 4. The molecule has 0 rings (SSSR count). The van der Waals surface area contributed by atoms with Crippen molar-refractivity contribution in [2.24, 2.45) is 33.8 Å². The van der Waals surface area contributed by atoms with Gasteiger partial charge < -0.3 is 38.7 Å². The molecule has 29 heavy (non-hydrogen) atoms. The Bertz CT molecular complexity index is 550. The number of hydrogen-bond acceptors (Lipinski definition) is 6. The fraction of sp³-hybridized carbons (Fsp3) is 0.778. The topological polar surface area (TPSA) is 212 Å². The average Bonchev–Trinajstić information content (AvgIpc) is 2.62. The van der Waals surface area contributed by atoms with Crippen LogP contribution in [0.2, 0.25) is 0 Å². The molecule has 0 spiro atoms. The van der Waals surface area contributed by atoms with Crippen molar-refractivity contribution >= 4 is 23.7 Å². The van der Waals surface area contributed by atoms with E-state index in [0.29, 0.717) is 45.2 Å². The number of hydrogen-bond donors (Lipinski definition) is 7. The third-order valence-corrected chi connectivity index (χ3v) is 4.21. The van der Waals surface area contributed by atoms with E-state index in [4.69, 9.17) is 22.9 Å². The third kappa shape index (κ3) is 12.6. The lowest BCUT2D eigenvalue weighted by Crippen LogP contribution is -2.54. The van der Waals surface area contributed by atoms with E-state index >= 15 is 0 Å². The molecule has 2 amide bonds. The summed E-state index contributed by atoms with van der Waals surface area (Å²) >= 11 is 0. The average molecular weight is 416 g/mol. The summed E-state index contributed by atoms with van der Waals surface area (Å²) in [6, 6.07) is -2.74. The first kappa shape index (κ1) is 26.6. The molecule has 0 aromatic rings. The molecule has 0 fully saturated rings. The second kappa shape index (κ2) is 14.6. The van der Waals surface area contributed by atoms with Crippen LogP contribution in [0.15, 0.2) is 4.99 Å². The lowest BCUT2D eigenvalue weighted by Gasteiger charge is -2.23. The second-order valence-electron chi connectivity index (χ2n) is 7.43. The monoisotopic (exact) mass is 415 g/mol. The second-order valence-corrected chi connectivity index (χ2v) is 7.43. The first-order valence-electron chi connectivity index (χ1n) is 9.93. The molecule has 0 aromatic heterocycles. The molecule has 0 bridgehead atoms. The van der Waals surface area contributed by atoms with Gasteiger partial charge in [0.1, 0.15) is 12.1 Å². The normalized spacial score (nSPS) is 14.0. The third-order valence-electron chi connectivity index (χ3n) is 4.21. The quantitative estimate of drug-likeness (QED) is 0.0956. The van der Waals surface area contributed by atoms with Gasteiger partial charge in [0.15, 0.2) is 5.96 Å². The Hall–Kier alpha value is -2.40. The molecule has 11 heteroatoms. The highest BCUT2D eigenvalue weighted by atomic mass is 16.4. The number of carboxylic acid groups (broad SMARTS) is 1. The van der Waals surface area contributed by atoms with Gasteiger partial charge in [0.25, 0.3) is 0 Å². The van der Waals surface area contributed by atoms with Crippen LogP contribution < -0.4 is 33.6 Å². The molecule has 0 saturated carbocycles. The number of nitrogens with one attached hydrogen (secondary N) is 2. The van der Waals surface area contributed by atoms with Crippen LogP contribution in [-0.2, 0) is 14.4 Å². The Kier molecular flexibility index (Phi) is 13.4. The van der Waals surface area contributed by atoms with Gasteiger partial charge in [-0.05, 0) is 51.0 Å². The van der Waals surface area contributed by atoms with Crippen LogP contribution in [0.4, 0.5) is 0 Å². The molecule has 168 valence electrons. The van der Waals surface area contributed by atoms with Crippen LogP contribution >= 0.6 is 0 Å². The van der Waals surface area contributed by atoms with Gasteiger partial charge in [-0.25, -0.2) is 4.79 Å². The van der Waals surface area contributed by atoms with Gasteiger partial charge in [-0.3, -0.25) is 14.6 Å². The molecule has 0 heterocycles. The van der Waals surface area contributed by atoms with E-state index in [0.717, 1.165) is 0 Å². The summed E-state index contributed by atoms with van der Waals surface area (Å²) in [4.78, 5) is 40.2. The fourth-order valence-electron chi connectivity index (χ4n) is 2.66. The molecule has 11 N–H and O–H groups in total. The zero-order valence-electron chi connectivity index (χ0n) is 17.4. The number of aliphatic imine (C=N–C) groups is 1. The van der Waals surface area contributed by atoms with Crippen molar-refractivity contribution in [2.45, 2.75) is 70.5 Å². The van der Waals surface area contributed by atoms with Crippen LogP contribution in [0.3, 0.4) is 0 Å². The van der Waals surface area contributed by atoms with Crippen molar-refractivity contribution in [1.82, 2.24) is 10.6 Å². The maximum atomic E-state index is 12.6. The lowest BCUT2D eigenvalue weighted by molar-refractivity contribution is -0.142. The Morgan fingerprint density at radius 1 is 0.966 bits per heavy atom. The number of rotatable bonds is 15. The van der Waals surface area contributed by atoms with E-state index in [1.807, 2.05) is 13.8 Å². The number of carboxylic acids is 1. The number of nitrogens with zero attached hydrogens (tertiary/aromatic N) is 1. The highest BCUT2D eigenvalue weighted by molar-refractivity contribution is 5.91. The van der Waals surface area contributed by atoms with E-state index in [1.165, 1.54) is 0 Å². The van der Waals surface area contributed by atoms with E-state index in [1.54, 1.807) is 0 Å². The van der Waals surface area contributed by atoms with Crippen molar-refractivity contribution < 1.29 is 19.5 Å². The van der Waals surface area contributed by atoms with Crippen LogP contribution in [0.5, 0.6) is 0 Å². The van der Waals surface area contributed by atoms with Gasteiger partial charge in [-0.1, -0.05) is 13.8 Å². The molecule has 0 saturated heterocycles. The maximum absolute atomic E-state index is 12.6. The van der Waals surface area contributed by atoms with Gasteiger partial charge in [-0.15, -0.1) is 0 Å². The minimum atomic E-state index is -1.12. The van der Waals surface area contributed by atoms with E-state index in [-0.39, 0.29) is 18.3 Å². The van der Waals surface area contributed by atoms with Crippen molar-refractivity contribution in [1.29, 1.82) is 0 Å². The number of carbonyl (C=O) groups excluding carboxylic acids is 2. The van der Waals surface area contributed by atoms with Crippen LogP contribution in [0, 0.1) is 5.92 Å². The Morgan fingerprint density at radius 3 is 2.10 bits per heavy atom. The highest BCUT2D eigenvalue weighted by Gasteiger charge is 2.28. The smallest absolute Gasteiger partial charge is 0.326 e. The Morgan fingerprint density at radius 2 is 1.59 bits per heavy atom. The van der Waals surface area contributed by atoms with E-state index < -0.39 is 35.9 Å². The standard InChI is InChI=1S/C18H37N7O4/c1-11(2)10-14(17(28)29)25-16(27)13(7-3-4-8-19)24-15(26)12(20)6-5-9-23-18(21)22/h11-14H,3-10,19-20H2,1-2H3,(H,24,26)(H,25,27)(H,28,29)(H4,21,22,23)/t12-,13-,14-/m0/s1. The van der Waals surface area contributed by atoms with Gasteiger partial charge in [-0.2, -0.15) is 0 Å². The van der Waals surface area contributed by atoms with Crippen molar-refractivity contribution in [3.8, 4) is 0 Å². The Labute approximate surface area is 172 Å². The molecule has 0 aliphatic heterocycles. The van der Waals surface area contributed by atoms with Crippen molar-refractivity contribution in [3.05, 3.63) is 0 Å². The number of amides is 2. The van der Waals surface area contributed by atoms with Gasteiger partial charge in [0.05, 0.1) is 6.04 Å². The minimum Gasteiger partial charge on any atom is -0.480 e. The molecular weight excluding hydrogens is 378 g/mol. The Balaban J connectivity index is 4.92. The summed E-state index contributed by atoms with van der Waals surface area (Å²) in [5, 5.41) is 14.5. The van der Waals surface area contributed by atoms with Crippen molar-refractivity contribution in [2.75, 3.05) is 13.1 Å². The molecule has 11 nitrogen and oxygen atoms in total. The summed E-state index contributed by atoms with van der Waals surface area (Å²) < 4.78 is 0. The maximum Gasteiger partial charge on any atom is 0.326 e. The van der Waals surface area contributed by atoms with Crippen LogP contribution in [0.1, 0.15) is 52.4 Å². The summed E-state index contributed by atoms with van der Waals surface area (Å²) in [5.74, 6) is -2.10. The summed E-state index contributed by atoms with van der Waals surface area (Å²) in [6.45, 7) is 4.53. The van der Waals surface area contributed by atoms with E-state index in [9.17, 15) is 19.5 Å². The molecule has 0 unspecified atom stereocenters. The van der Waals surface area contributed by atoms with E-state index in [2.05, 4.69) is 15.6 Å². The molecule has 3 atom stereocenters. The van der Waals surface area contributed by atoms with Crippen LogP contribution in [-0.4, -0.2) is 60.1 Å². The van der Waals surface area contributed by atoms with Crippen LogP contribution in [0.25, 0.3) is 0 Å². The zero-order valence-corrected chi connectivity index (χ0v) is 17.4. The largest absolute Gasteiger partial charge is 0.480 e.